The maximum absolute atomic E-state index is 12.5. The molecule has 1 amide bonds. The minimum Gasteiger partial charge on any atom is -0.497 e. The number of piperidine rings is 1. The normalized spacial score (nSPS) is 21.4. The third-order valence-electron chi connectivity index (χ3n) is 4.71. The van der Waals surface area contributed by atoms with Gasteiger partial charge in [-0.1, -0.05) is 0 Å². The molecule has 24 heavy (non-hydrogen) atoms. The zero-order valence-corrected chi connectivity index (χ0v) is 15.5. The van der Waals surface area contributed by atoms with Crippen LogP contribution in [0.1, 0.15) is 19.8 Å². The van der Waals surface area contributed by atoms with Crippen molar-refractivity contribution < 1.29 is 17.9 Å². The van der Waals surface area contributed by atoms with Crippen molar-refractivity contribution >= 4 is 33.4 Å². The van der Waals surface area contributed by atoms with Crippen LogP contribution in [0.2, 0.25) is 0 Å². The van der Waals surface area contributed by atoms with Crippen LogP contribution in [0, 0.1) is 0 Å². The summed E-state index contributed by atoms with van der Waals surface area (Å²) in [5.74, 6) is 1.38. The molecule has 0 unspecified atom stereocenters. The lowest BCUT2D eigenvalue weighted by atomic mass is 10.0. The Morgan fingerprint density at radius 3 is 2.38 bits per heavy atom. The predicted octanol–water partition coefficient (Wildman–Crippen LogP) is 1.92. The summed E-state index contributed by atoms with van der Waals surface area (Å²) >= 11 is 1.63. The SMILES string of the molecule is CCS(=O)(=O)N1CCC2(CC1)SCC(=O)N2c1ccc(OC)cc1. The van der Waals surface area contributed by atoms with E-state index in [9.17, 15) is 13.2 Å². The number of hydrogen-bond donors (Lipinski definition) is 0. The highest BCUT2D eigenvalue weighted by molar-refractivity contribution is 8.02. The first kappa shape index (κ1) is 17.6. The second-order valence-corrected chi connectivity index (χ2v) is 9.56. The van der Waals surface area contributed by atoms with Crippen molar-refractivity contribution in [3.63, 3.8) is 0 Å². The molecular formula is C16H22N2O4S2. The molecule has 6 nitrogen and oxygen atoms in total. The molecule has 0 atom stereocenters. The molecule has 2 aliphatic heterocycles. The van der Waals surface area contributed by atoms with Crippen LogP contribution in [0.3, 0.4) is 0 Å². The lowest BCUT2D eigenvalue weighted by Crippen LogP contribution is -2.53. The van der Waals surface area contributed by atoms with Crippen molar-refractivity contribution in [3.05, 3.63) is 24.3 Å². The quantitative estimate of drug-likeness (QED) is 0.810. The van der Waals surface area contributed by atoms with Gasteiger partial charge in [0.15, 0.2) is 0 Å². The number of sulfonamides is 1. The highest BCUT2D eigenvalue weighted by atomic mass is 32.2. The number of carbonyl (C=O) groups is 1. The number of benzene rings is 1. The number of anilines is 1. The molecule has 0 N–H and O–H groups in total. The minimum atomic E-state index is -3.17. The lowest BCUT2D eigenvalue weighted by molar-refractivity contribution is -0.116. The average molecular weight is 370 g/mol. The van der Waals surface area contributed by atoms with Crippen molar-refractivity contribution in [2.24, 2.45) is 0 Å². The summed E-state index contributed by atoms with van der Waals surface area (Å²) < 4.78 is 30.9. The summed E-state index contributed by atoms with van der Waals surface area (Å²) in [5, 5.41) is 0. The van der Waals surface area contributed by atoms with Gasteiger partial charge in [0.25, 0.3) is 0 Å². The molecule has 8 heteroatoms. The van der Waals surface area contributed by atoms with E-state index in [4.69, 9.17) is 4.74 Å². The lowest BCUT2D eigenvalue weighted by Gasteiger charge is -2.43. The summed E-state index contributed by atoms with van der Waals surface area (Å²) in [5.41, 5.74) is 0.845. The zero-order chi connectivity index (χ0) is 17.4. The van der Waals surface area contributed by atoms with Crippen molar-refractivity contribution in [1.82, 2.24) is 4.31 Å². The molecule has 132 valence electrons. The first-order valence-electron chi connectivity index (χ1n) is 8.01. The monoisotopic (exact) mass is 370 g/mol. The summed E-state index contributed by atoms with van der Waals surface area (Å²) in [7, 11) is -1.56. The van der Waals surface area contributed by atoms with Crippen LogP contribution >= 0.6 is 11.8 Å². The van der Waals surface area contributed by atoms with Crippen molar-refractivity contribution in [2.75, 3.05) is 36.6 Å². The Kier molecular flexibility index (Phi) is 4.81. The summed E-state index contributed by atoms with van der Waals surface area (Å²) in [4.78, 5) is 14.0. The molecule has 1 aromatic carbocycles. The van der Waals surface area contributed by atoms with Crippen LogP contribution in [0.15, 0.2) is 24.3 Å². The van der Waals surface area contributed by atoms with E-state index < -0.39 is 10.0 Å². The topological polar surface area (TPSA) is 66.9 Å². The molecule has 0 aliphatic carbocycles. The Morgan fingerprint density at radius 2 is 1.83 bits per heavy atom. The van der Waals surface area contributed by atoms with Gasteiger partial charge in [0.05, 0.1) is 23.5 Å². The molecule has 0 bridgehead atoms. The second kappa shape index (κ2) is 6.57. The van der Waals surface area contributed by atoms with Gasteiger partial charge in [-0.3, -0.25) is 9.69 Å². The fourth-order valence-electron chi connectivity index (χ4n) is 3.33. The van der Waals surface area contributed by atoms with Crippen LogP contribution < -0.4 is 9.64 Å². The molecule has 0 radical (unpaired) electrons. The minimum absolute atomic E-state index is 0.0805. The van der Waals surface area contributed by atoms with Gasteiger partial charge >= 0.3 is 0 Å². The van der Waals surface area contributed by atoms with Crippen LogP contribution in [0.25, 0.3) is 0 Å². The molecule has 0 saturated carbocycles. The van der Waals surface area contributed by atoms with Gasteiger partial charge in [-0.05, 0) is 44.0 Å². The molecule has 2 saturated heterocycles. The van der Waals surface area contributed by atoms with Crippen molar-refractivity contribution in [2.45, 2.75) is 24.6 Å². The molecule has 1 aromatic rings. The molecule has 0 aromatic heterocycles. The van der Waals surface area contributed by atoms with E-state index in [0.717, 1.165) is 11.4 Å². The second-order valence-electron chi connectivity index (χ2n) is 5.96. The van der Waals surface area contributed by atoms with E-state index in [0.29, 0.717) is 31.7 Å². The first-order chi connectivity index (χ1) is 11.4. The van der Waals surface area contributed by atoms with Crippen LogP contribution in [0.4, 0.5) is 5.69 Å². The van der Waals surface area contributed by atoms with Gasteiger partial charge in [-0.2, -0.15) is 0 Å². The number of carbonyl (C=O) groups excluding carboxylic acids is 1. The van der Waals surface area contributed by atoms with E-state index in [1.807, 2.05) is 29.2 Å². The van der Waals surface area contributed by atoms with Gasteiger partial charge in [0.1, 0.15) is 5.75 Å². The molecule has 3 rings (SSSR count). The largest absolute Gasteiger partial charge is 0.497 e. The zero-order valence-electron chi connectivity index (χ0n) is 13.9. The summed E-state index contributed by atoms with van der Waals surface area (Å²) in [6, 6.07) is 7.46. The Morgan fingerprint density at radius 1 is 1.21 bits per heavy atom. The number of nitrogens with zero attached hydrogens (tertiary/aromatic N) is 2. The number of hydrogen-bond acceptors (Lipinski definition) is 5. The van der Waals surface area contributed by atoms with E-state index >= 15 is 0 Å². The fourth-order valence-corrected chi connectivity index (χ4v) is 5.76. The van der Waals surface area contributed by atoms with E-state index in [-0.39, 0.29) is 16.5 Å². The van der Waals surface area contributed by atoms with Gasteiger partial charge in [-0.25, -0.2) is 12.7 Å². The third-order valence-corrected chi connectivity index (χ3v) is 8.11. The number of thioether (sulfide) groups is 1. The molecule has 2 aliphatic rings. The molecule has 2 heterocycles. The third kappa shape index (κ3) is 3.02. The smallest absolute Gasteiger partial charge is 0.238 e. The summed E-state index contributed by atoms with van der Waals surface area (Å²) in [6.07, 6.45) is 1.29. The maximum atomic E-state index is 12.5. The average Bonchev–Trinajstić information content (AvgIpc) is 2.91. The predicted molar refractivity (Wildman–Crippen MR) is 95.9 cm³/mol. The molecular weight excluding hydrogens is 348 g/mol. The Labute approximate surface area is 147 Å². The highest BCUT2D eigenvalue weighted by Gasteiger charge is 2.49. The molecule has 1 spiro atoms. The maximum Gasteiger partial charge on any atom is 0.238 e. The number of rotatable bonds is 4. The van der Waals surface area contributed by atoms with Crippen LogP contribution in [-0.4, -0.2) is 55.2 Å². The van der Waals surface area contributed by atoms with Gasteiger partial charge in [0, 0.05) is 18.8 Å². The first-order valence-corrected chi connectivity index (χ1v) is 10.6. The van der Waals surface area contributed by atoms with Crippen LogP contribution in [-0.2, 0) is 14.8 Å². The van der Waals surface area contributed by atoms with Gasteiger partial charge in [-0.15, -0.1) is 11.8 Å². The fraction of sp³-hybridized carbons (Fsp3) is 0.562. The highest BCUT2D eigenvalue weighted by Crippen LogP contribution is 2.47. The standard InChI is InChI=1S/C16H22N2O4S2/c1-3-24(20,21)17-10-8-16(9-11-17)18(15(19)12-23-16)13-4-6-14(22-2)7-5-13/h4-7H,3,8-12H2,1-2H3. The van der Waals surface area contributed by atoms with E-state index in [1.165, 1.54) is 0 Å². The van der Waals surface area contributed by atoms with Gasteiger partial charge in [0.2, 0.25) is 15.9 Å². The number of ether oxygens (including phenoxy) is 1. The van der Waals surface area contributed by atoms with Crippen molar-refractivity contribution in [3.8, 4) is 5.75 Å². The van der Waals surface area contributed by atoms with Gasteiger partial charge < -0.3 is 4.74 Å². The Hall–Kier alpha value is -1.25. The summed E-state index contributed by atoms with van der Waals surface area (Å²) in [6.45, 7) is 2.59. The number of methoxy groups -OCH3 is 1. The van der Waals surface area contributed by atoms with Crippen molar-refractivity contribution in [1.29, 1.82) is 0 Å². The molecule has 2 fully saturated rings. The van der Waals surface area contributed by atoms with E-state index in [2.05, 4.69) is 0 Å². The Bertz CT molecular complexity index is 710. The van der Waals surface area contributed by atoms with Crippen LogP contribution in [0.5, 0.6) is 5.75 Å². The number of amides is 1. The Balaban J connectivity index is 1.83. The van der Waals surface area contributed by atoms with E-state index in [1.54, 1.807) is 30.1 Å².